The van der Waals surface area contributed by atoms with Crippen molar-refractivity contribution in [3.63, 3.8) is 0 Å². The Labute approximate surface area is 117 Å². The van der Waals surface area contributed by atoms with Crippen LogP contribution < -0.4 is 0 Å². The lowest BCUT2D eigenvalue weighted by Gasteiger charge is -2.32. The van der Waals surface area contributed by atoms with E-state index in [-0.39, 0.29) is 25.1 Å². The van der Waals surface area contributed by atoms with Crippen molar-refractivity contribution in [3.05, 3.63) is 35.1 Å². The number of aliphatic hydroxyl groups is 2. The van der Waals surface area contributed by atoms with Gasteiger partial charge in [0.2, 0.25) is 0 Å². The van der Waals surface area contributed by atoms with Crippen LogP contribution in [0.5, 0.6) is 0 Å². The summed E-state index contributed by atoms with van der Waals surface area (Å²) in [5, 5.41) is 17.8. The zero-order valence-electron chi connectivity index (χ0n) is 11.2. The predicted molar refractivity (Wildman–Crippen MR) is 72.5 cm³/mol. The lowest BCUT2D eigenvalue weighted by atomic mass is 10.1. The summed E-state index contributed by atoms with van der Waals surface area (Å²) in [6, 6.07) is 4.81. The number of aliphatic hydroxyl groups excluding tert-OH is 2. The van der Waals surface area contributed by atoms with Crippen molar-refractivity contribution < 1.29 is 19.3 Å². The van der Waals surface area contributed by atoms with E-state index in [2.05, 4.69) is 16.7 Å². The molecule has 1 heterocycles. The fourth-order valence-corrected chi connectivity index (χ4v) is 2.19. The molecule has 1 fully saturated rings. The number of nitrogens with zero attached hydrogens (tertiary/aromatic N) is 1. The van der Waals surface area contributed by atoms with Crippen LogP contribution in [-0.4, -0.2) is 54.1 Å². The second kappa shape index (κ2) is 7.36. The first-order valence-corrected chi connectivity index (χ1v) is 6.56. The van der Waals surface area contributed by atoms with E-state index in [0.717, 1.165) is 12.1 Å². The molecule has 4 nitrogen and oxygen atoms in total. The molecular formula is C15H18FNO3. The van der Waals surface area contributed by atoms with Crippen molar-refractivity contribution in [2.75, 3.05) is 32.9 Å². The number of rotatable bonds is 3. The van der Waals surface area contributed by atoms with Crippen LogP contribution in [0.2, 0.25) is 0 Å². The summed E-state index contributed by atoms with van der Waals surface area (Å²) in [6.07, 6.45) is -0.155. The maximum Gasteiger partial charge on any atom is 0.138 e. The molecular weight excluding hydrogens is 261 g/mol. The molecule has 0 bridgehead atoms. The quantitative estimate of drug-likeness (QED) is 0.785. The zero-order chi connectivity index (χ0) is 14.4. The Kier molecular flexibility index (Phi) is 5.50. The number of hydrogen-bond donors (Lipinski definition) is 2. The van der Waals surface area contributed by atoms with Gasteiger partial charge in [-0.3, -0.25) is 4.90 Å². The molecule has 1 atom stereocenters. The molecule has 1 aliphatic rings. The van der Waals surface area contributed by atoms with Gasteiger partial charge in [-0.05, 0) is 17.7 Å². The summed E-state index contributed by atoms with van der Waals surface area (Å²) < 4.78 is 18.9. The summed E-state index contributed by atoms with van der Waals surface area (Å²) in [6.45, 7) is 2.41. The standard InChI is InChI=1S/C15H18FNO3/c16-15-4-3-12(8-13(15)2-1-6-18)9-17-5-7-20-14(10-17)11-19/h3-4,8,14,18-19H,5-7,9-11H2. The number of hydrogen-bond acceptors (Lipinski definition) is 4. The monoisotopic (exact) mass is 279 g/mol. The van der Waals surface area contributed by atoms with Crippen molar-refractivity contribution in [2.45, 2.75) is 12.6 Å². The molecule has 108 valence electrons. The van der Waals surface area contributed by atoms with E-state index in [4.69, 9.17) is 14.9 Å². The Morgan fingerprint density at radius 3 is 3.00 bits per heavy atom. The Morgan fingerprint density at radius 2 is 2.25 bits per heavy atom. The highest BCUT2D eigenvalue weighted by atomic mass is 19.1. The second-order valence-corrected chi connectivity index (χ2v) is 4.68. The molecule has 5 heteroatoms. The minimum absolute atomic E-state index is 0.00709. The summed E-state index contributed by atoms with van der Waals surface area (Å²) in [5.74, 6) is 4.67. The van der Waals surface area contributed by atoms with Crippen molar-refractivity contribution in [1.29, 1.82) is 0 Å². The van der Waals surface area contributed by atoms with Gasteiger partial charge in [-0.2, -0.15) is 0 Å². The van der Waals surface area contributed by atoms with Crippen molar-refractivity contribution in [2.24, 2.45) is 0 Å². The minimum atomic E-state index is -0.384. The van der Waals surface area contributed by atoms with Gasteiger partial charge in [0.15, 0.2) is 0 Å². The van der Waals surface area contributed by atoms with E-state index in [1.54, 1.807) is 12.1 Å². The van der Waals surface area contributed by atoms with E-state index < -0.39 is 0 Å². The van der Waals surface area contributed by atoms with Crippen LogP contribution in [0.4, 0.5) is 4.39 Å². The largest absolute Gasteiger partial charge is 0.394 e. The molecule has 0 saturated carbocycles. The third-order valence-electron chi connectivity index (χ3n) is 3.17. The first-order chi connectivity index (χ1) is 9.72. The van der Waals surface area contributed by atoms with E-state index in [9.17, 15) is 4.39 Å². The van der Waals surface area contributed by atoms with E-state index >= 15 is 0 Å². The van der Waals surface area contributed by atoms with Gasteiger partial charge < -0.3 is 14.9 Å². The third kappa shape index (κ3) is 4.02. The second-order valence-electron chi connectivity index (χ2n) is 4.68. The molecule has 0 spiro atoms. The molecule has 0 amide bonds. The van der Waals surface area contributed by atoms with Gasteiger partial charge in [-0.25, -0.2) is 4.39 Å². The molecule has 1 aromatic rings. The van der Waals surface area contributed by atoms with Crippen LogP contribution in [0, 0.1) is 17.7 Å². The zero-order valence-corrected chi connectivity index (χ0v) is 11.2. The van der Waals surface area contributed by atoms with Crippen LogP contribution in [0.1, 0.15) is 11.1 Å². The van der Waals surface area contributed by atoms with Gasteiger partial charge in [-0.1, -0.05) is 17.9 Å². The predicted octanol–water partition coefficient (Wildman–Crippen LogP) is 0.363. The molecule has 0 radical (unpaired) electrons. The fraction of sp³-hybridized carbons (Fsp3) is 0.467. The van der Waals surface area contributed by atoms with Gasteiger partial charge in [0.05, 0.1) is 24.9 Å². The van der Waals surface area contributed by atoms with Gasteiger partial charge >= 0.3 is 0 Å². The summed E-state index contributed by atoms with van der Waals surface area (Å²) in [4.78, 5) is 2.15. The Morgan fingerprint density at radius 1 is 1.40 bits per heavy atom. The molecule has 0 aliphatic carbocycles. The third-order valence-corrected chi connectivity index (χ3v) is 3.17. The molecule has 1 aliphatic heterocycles. The lowest BCUT2D eigenvalue weighted by Crippen LogP contribution is -2.43. The van der Waals surface area contributed by atoms with Gasteiger partial charge in [0.25, 0.3) is 0 Å². The average Bonchev–Trinajstić information content (AvgIpc) is 2.48. The first kappa shape index (κ1) is 14.9. The van der Waals surface area contributed by atoms with Crippen molar-refractivity contribution in [1.82, 2.24) is 4.90 Å². The van der Waals surface area contributed by atoms with Crippen LogP contribution >= 0.6 is 0 Å². The SMILES string of the molecule is OCC#Cc1cc(CN2CCOC(CO)C2)ccc1F. The van der Waals surface area contributed by atoms with E-state index in [1.165, 1.54) is 6.07 Å². The molecule has 20 heavy (non-hydrogen) atoms. The normalized spacial score (nSPS) is 19.4. The Hall–Kier alpha value is -1.45. The van der Waals surface area contributed by atoms with Gasteiger partial charge in [0, 0.05) is 19.6 Å². The number of halogens is 1. The topological polar surface area (TPSA) is 52.9 Å². The summed E-state index contributed by atoms with van der Waals surface area (Å²) >= 11 is 0. The maximum atomic E-state index is 13.5. The summed E-state index contributed by atoms with van der Waals surface area (Å²) in [7, 11) is 0. The first-order valence-electron chi connectivity index (χ1n) is 6.56. The minimum Gasteiger partial charge on any atom is -0.394 e. The van der Waals surface area contributed by atoms with Crippen LogP contribution in [-0.2, 0) is 11.3 Å². The summed E-state index contributed by atoms with van der Waals surface area (Å²) in [5.41, 5.74) is 1.25. The maximum absolute atomic E-state index is 13.5. The number of morpholine rings is 1. The van der Waals surface area contributed by atoms with Crippen molar-refractivity contribution in [3.8, 4) is 11.8 Å². The molecule has 0 aromatic heterocycles. The van der Waals surface area contributed by atoms with Crippen LogP contribution in [0.15, 0.2) is 18.2 Å². The van der Waals surface area contributed by atoms with Crippen LogP contribution in [0.3, 0.4) is 0 Å². The van der Waals surface area contributed by atoms with Gasteiger partial charge in [0.1, 0.15) is 12.4 Å². The molecule has 2 rings (SSSR count). The van der Waals surface area contributed by atoms with Crippen LogP contribution in [0.25, 0.3) is 0 Å². The number of benzene rings is 1. The Balaban J connectivity index is 2.05. The highest BCUT2D eigenvalue weighted by molar-refractivity contribution is 5.38. The Bertz CT molecular complexity index is 510. The fourth-order valence-electron chi connectivity index (χ4n) is 2.19. The highest BCUT2D eigenvalue weighted by Crippen LogP contribution is 2.14. The van der Waals surface area contributed by atoms with E-state index in [0.29, 0.717) is 25.3 Å². The lowest BCUT2D eigenvalue weighted by molar-refractivity contribution is -0.0551. The molecule has 1 unspecified atom stereocenters. The van der Waals surface area contributed by atoms with E-state index in [1.807, 2.05) is 0 Å². The highest BCUT2D eigenvalue weighted by Gasteiger charge is 2.19. The smallest absolute Gasteiger partial charge is 0.138 e. The molecule has 1 aromatic carbocycles. The average molecular weight is 279 g/mol. The number of ether oxygens (including phenoxy) is 1. The molecule has 1 saturated heterocycles. The molecule has 2 N–H and O–H groups in total. The van der Waals surface area contributed by atoms with Gasteiger partial charge in [-0.15, -0.1) is 0 Å². The van der Waals surface area contributed by atoms with Crippen molar-refractivity contribution >= 4 is 0 Å².